The summed E-state index contributed by atoms with van der Waals surface area (Å²) in [7, 11) is -3.62. The summed E-state index contributed by atoms with van der Waals surface area (Å²) in [6, 6.07) is 13.9. The third-order valence-corrected chi connectivity index (χ3v) is 7.28. The molecule has 0 atom stereocenters. The highest BCUT2D eigenvalue weighted by Crippen LogP contribution is 2.16. The zero-order valence-corrected chi connectivity index (χ0v) is 20.9. The van der Waals surface area contributed by atoms with E-state index in [0.717, 1.165) is 17.7 Å². The maximum Gasteiger partial charge on any atom is 0.279 e. The first-order valence-electron chi connectivity index (χ1n) is 11.4. The third kappa shape index (κ3) is 8.05. The van der Waals surface area contributed by atoms with E-state index in [-0.39, 0.29) is 36.8 Å². The molecule has 0 radical (unpaired) electrons. The van der Waals surface area contributed by atoms with Crippen molar-refractivity contribution in [3.8, 4) is 0 Å². The summed E-state index contributed by atoms with van der Waals surface area (Å²) in [4.78, 5) is 29.8. The second-order valence-corrected chi connectivity index (χ2v) is 11.2. The SMILES string of the molecule is CC(C)(C)NS(=O)(=O)N1CCC(NC(=O)C(Cc2ccccc2)=NC(=O)c2ccc(F)cc2)CC1. The maximum absolute atomic E-state index is 13.2. The number of aliphatic imine (C=N–C) groups is 1. The van der Waals surface area contributed by atoms with Crippen molar-refractivity contribution in [2.45, 2.75) is 51.6 Å². The monoisotopic (exact) mass is 502 g/mol. The number of rotatable bonds is 7. The molecule has 8 nitrogen and oxygen atoms in total. The molecule has 10 heteroatoms. The van der Waals surface area contributed by atoms with Gasteiger partial charge in [0.05, 0.1) is 0 Å². The summed E-state index contributed by atoms with van der Waals surface area (Å²) in [5.41, 5.74) is 0.427. The van der Waals surface area contributed by atoms with Crippen LogP contribution in [0.15, 0.2) is 59.6 Å². The summed E-state index contributed by atoms with van der Waals surface area (Å²) in [5, 5.41) is 2.90. The van der Waals surface area contributed by atoms with Crippen LogP contribution in [-0.4, -0.2) is 54.9 Å². The number of benzene rings is 2. The van der Waals surface area contributed by atoms with Crippen LogP contribution >= 0.6 is 0 Å². The Hall–Kier alpha value is -2.95. The Kier molecular flexibility index (Phi) is 8.52. The number of nitrogens with one attached hydrogen (secondary N) is 2. The van der Waals surface area contributed by atoms with E-state index in [9.17, 15) is 22.4 Å². The molecule has 2 amide bonds. The zero-order chi connectivity index (χ0) is 25.6. The molecule has 1 fully saturated rings. The lowest BCUT2D eigenvalue weighted by Gasteiger charge is -2.33. The van der Waals surface area contributed by atoms with Crippen molar-refractivity contribution in [1.29, 1.82) is 0 Å². The van der Waals surface area contributed by atoms with Crippen molar-refractivity contribution < 1.29 is 22.4 Å². The molecule has 0 spiro atoms. The molecule has 2 aromatic carbocycles. The van der Waals surface area contributed by atoms with Crippen LogP contribution in [0.3, 0.4) is 0 Å². The van der Waals surface area contributed by atoms with E-state index in [1.54, 1.807) is 20.8 Å². The summed E-state index contributed by atoms with van der Waals surface area (Å²) in [6.45, 7) is 5.85. The first kappa shape index (κ1) is 26.7. The molecule has 0 aromatic heterocycles. The minimum absolute atomic E-state index is 0.0370. The number of hydrogen-bond acceptors (Lipinski definition) is 4. The number of carbonyl (C=O) groups excluding carboxylic acids is 2. The van der Waals surface area contributed by atoms with Crippen LogP contribution < -0.4 is 10.0 Å². The lowest BCUT2D eigenvalue weighted by atomic mass is 10.0. The van der Waals surface area contributed by atoms with Crippen LogP contribution in [0, 0.1) is 5.82 Å². The second kappa shape index (κ2) is 11.2. The molecule has 3 rings (SSSR count). The van der Waals surface area contributed by atoms with Gasteiger partial charge in [-0.15, -0.1) is 0 Å². The molecule has 35 heavy (non-hydrogen) atoms. The highest BCUT2D eigenvalue weighted by Gasteiger charge is 2.31. The van der Waals surface area contributed by atoms with Crippen molar-refractivity contribution >= 4 is 27.7 Å². The molecule has 2 N–H and O–H groups in total. The van der Waals surface area contributed by atoms with E-state index < -0.39 is 33.4 Å². The molecule has 1 aliphatic rings. The molecule has 0 bridgehead atoms. The molecule has 0 saturated carbocycles. The number of carbonyl (C=O) groups is 2. The second-order valence-electron chi connectivity index (χ2n) is 9.54. The van der Waals surface area contributed by atoms with Gasteiger partial charge in [-0.1, -0.05) is 30.3 Å². The van der Waals surface area contributed by atoms with Gasteiger partial charge in [0.25, 0.3) is 22.0 Å². The Balaban J connectivity index is 1.70. The molecule has 0 unspecified atom stereocenters. The standard InChI is InChI=1S/C25H31FN4O4S/c1-25(2,3)29-35(33,34)30-15-13-21(14-16-30)27-24(32)22(17-18-7-5-4-6-8-18)28-23(31)19-9-11-20(26)12-10-19/h4-12,21,29H,13-17H2,1-3H3,(H,27,32). The quantitative estimate of drug-likeness (QED) is 0.568. The minimum Gasteiger partial charge on any atom is -0.348 e. The van der Waals surface area contributed by atoms with Crippen molar-refractivity contribution in [3.63, 3.8) is 0 Å². The summed E-state index contributed by atoms with van der Waals surface area (Å²) < 4.78 is 42.4. The van der Waals surface area contributed by atoms with Crippen molar-refractivity contribution in [2.75, 3.05) is 13.1 Å². The molecule has 1 saturated heterocycles. The van der Waals surface area contributed by atoms with E-state index in [4.69, 9.17) is 0 Å². The minimum atomic E-state index is -3.62. The van der Waals surface area contributed by atoms with Gasteiger partial charge in [-0.2, -0.15) is 17.4 Å². The fraction of sp³-hybridized carbons (Fsp3) is 0.400. The Morgan fingerprint density at radius 1 is 1.03 bits per heavy atom. The number of halogens is 1. The first-order chi connectivity index (χ1) is 16.4. The van der Waals surface area contributed by atoms with Gasteiger partial charge in [0.1, 0.15) is 11.5 Å². The van der Waals surface area contributed by atoms with Crippen LogP contribution in [0.4, 0.5) is 4.39 Å². The number of nitrogens with zero attached hydrogens (tertiary/aromatic N) is 2. The predicted octanol–water partition coefficient (Wildman–Crippen LogP) is 2.86. The van der Waals surface area contributed by atoms with Gasteiger partial charge in [0.15, 0.2) is 0 Å². The largest absolute Gasteiger partial charge is 0.348 e. The smallest absolute Gasteiger partial charge is 0.279 e. The van der Waals surface area contributed by atoms with Gasteiger partial charge in [-0.25, -0.2) is 9.38 Å². The van der Waals surface area contributed by atoms with Gasteiger partial charge < -0.3 is 5.32 Å². The molecule has 1 aliphatic heterocycles. The van der Waals surface area contributed by atoms with E-state index in [1.165, 1.54) is 16.4 Å². The van der Waals surface area contributed by atoms with Crippen molar-refractivity contribution in [1.82, 2.24) is 14.3 Å². The number of piperidine rings is 1. The summed E-state index contributed by atoms with van der Waals surface area (Å²) in [5.74, 6) is -1.60. The Labute approximate surface area is 205 Å². The lowest BCUT2D eigenvalue weighted by Crippen LogP contribution is -2.53. The summed E-state index contributed by atoms with van der Waals surface area (Å²) in [6.07, 6.45) is 1.00. The van der Waals surface area contributed by atoms with Gasteiger partial charge in [0, 0.05) is 36.7 Å². The van der Waals surface area contributed by atoms with Gasteiger partial charge in [0.2, 0.25) is 0 Å². The van der Waals surface area contributed by atoms with Gasteiger partial charge in [-0.05, 0) is 63.4 Å². The number of amides is 2. The normalized spacial score (nSPS) is 16.2. The molecule has 2 aromatic rings. The third-order valence-electron chi connectivity index (χ3n) is 5.37. The van der Waals surface area contributed by atoms with Gasteiger partial charge >= 0.3 is 0 Å². The van der Waals surface area contributed by atoms with Crippen LogP contribution in [0.1, 0.15) is 49.5 Å². The van der Waals surface area contributed by atoms with Crippen LogP contribution in [0.5, 0.6) is 0 Å². The summed E-state index contributed by atoms with van der Waals surface area (Å²) >= 11 is 0. The van der Waals surface area contributed by atoms with E-state index in [2.05, 4.69) is 15.0 Å². The number of hydrogen-bond donors (Lipinski definition) is 2. The van der Waals surface area contributed by atoms with Crippen LogP contribution in [-0.2, 0) is 21.4 Å². The Bertz CT molecular complexity index is 1170. The van der Waals surface area contributed by atoms with Gasteiger partial charge in [-0.3, -0.25) is 9.59 Å². The molecular weight excluding hydrogens is 471 g/mol. The van der Waals surface area contributed by atoms with E-state index in [0.29, 0.717) is 12.8 Å². The van der Waals surface area contributed by atoms with E-state index >= 15 is 0 Å². The molecule has 188 valence electrons. The maximum atomic E-state index is 13.2. The Morgan fingerprint density at radius 3 is 2.20 bits per heavy atom. The van der Waals surface area contributed by atoms with E-state index in [1.807, 2.05) is 30.3 Å². The molecule has 1 heterocycles. The Morgan fingerprint density at radius 2 is 1.63 bits per heavy atom. The molecule has 0 aliphatic carbocycles. The zero-order valence-electron chi connectivity index (χ0n) is 20.1. The van der Waals surface area contributed by atoms with Crippen molar-refractivity contribution in [3.05, 3.63) is 71.5 Å². The average Bonchev–Trinajstić information content (AvgIpc) is 2.78. The van der Waals surface area contributed by atoms with Crippen LogP contribution in [0.25, 0.3) is 0 Å². The highest BCUT2D eigenvalue weighted by molar-refractivity contribution is 7.87. The lowest BCUT2D eigenvalue weighted by molar-refractivity contribution is -0.115. The van der Waals surface area contributed by atoms with Crippen molar-refractivity contribution in [2.24, 2.45) is 4.99 Å². The molecular formula is C25H31FN4O4S. The average molecular weight is 503 g/mol. The highest BCUT2D eigenvalue weighted by atomic mass is 32.2. The topological polar surface area (TPSA) is 108 Å². The fourth-order valence-electron chi connectivity index (χ4n) is 3.70. The fourth-order valence-corrected chi connectivity index (χ4v) is 5.29. The first-order valence-corrected chi connectivity index (χ1v) is 12.9. The van der Waals surface area contributed by atoms with Crippen LogP contribution in [0.2, 0.25) is 0 Å². The predicted molar refractivity (Wildman–Crippen MR) is 133 cm³/mol.